The molecule has 2 aromatic rings. The van der Waals surface area contributed by atoms with Crippen molar-refractivity contribution in [2.45, 2.75) is 6.42 Å². The smallest absolute Gasteiger partial charge is 0.232 e. The molecule has 1 amide bonds. The highest BCUT2D eigenvalue weighted by molar-refractivity contribution is 7.13. The second-order valence-corrected chi connectivity index (χ2v) is 4.57. The normalized spacial score (nSPS) is 10.5. The predicted molar refractivity (Wildman–Crippen MR) is 70.1 cm³/mol. The molecule has 90 valence electrons. The number of fused-ring (bicyclic) bond motifs is 1. The fourth-order valence-corrected chi connectivity index (χ4v) is 2.35. The first kappa shape index (κ1) is 12.1. The summed E-state index contributed by atoms with van der Waals surface area (Å²) in [7, 11) is 1.58. The molecule has 0 aliphatic heterocycles. The molecule has 0 unspecified atom stereocenters. The van der Waals surface area contributed by atoms with E-state index in [1.807, 2.05) is 18.2 Å². The number of ether oxygens (including phenoxy) is 1. The van der Waals surface area contributed by atoms with Crippen LogP contribution >= 0.6 is 23.1 Å². The van der Waals surface area contributed by atoms with Crippen LogP contribution in [0, 0.1) is 0 Å². The minimum Gasteiger partial charge on any atom is -0.480 e. The van der Waals surface area contributed by atoms with Crippen molar-refractivity contribution in [3.63, 3.8) is 0 Å². The van der Waals surface area contributed by atoms with Gasteiger partial charge in [0.2, 0.25) is 11.8 Å². The maximum absolute atomic E-state index is 11.4. The van der Waals surface area contributed by atoms with Crippen LogP contribution in [0.4, 0.5) is 5.69 Å². The van der Waals surface area contributed by atoms with Crippen LogP contribution < -0.4 is 10.1 Å². The molecule has 0 saturated carbocycles. The first-order valence-electron chi connectivity index (χ1n) is 5.04. The molecule has 0 fully saturated rings. The number of carbonyl (C=O) groups excluding carboxylic acids is 1. The van der Waals surface area contributed by atoms with Gasteiger partial charge in [0.15, 0.2) is 0 Å². The van der Waals surface area contributed by atoms with Crippen molar-refractivity contribution in [3.8, 4) is 5.88 Å². The quantitative estimate of drug-likeness (QED) is 0.869. The number of nitrogens with one attached hydrogen (secondary N) is 1. The lowest BCUT2D eigenvalue weighted by atomic mass is 10.2. The number of methoxy groups -OCH3 is 1. The Balaban J connectivity index is 2.27. The Morgan fingerprint density at radius 3 is 3.12 bits per heavy atom. The number of aromatic nitrogens is 1. The summed E-state index contributed by atoms with van der Waals surface area (Å²) in [5.41, 5.74) is 0.728. The number of carbonyl (C=O) groups is 1. The molecular formula is C11H11ClN2O2S. The molecule has 0 aliphatic rings. The summed E-state index contributed by atoms with van der Waals surface area (Å²) in [5.74, 6) is 0.803. The third-order valence-electron chi connectivity index (χ3n) is 2.24. The van der Waals surface area contributed by atoms with Gasteiger partial charge in [0.1, 0.15) is 0 Å². The van der Waals surface area contributed by atoms with Crippen molar-refractivity contribution in [3.05, 3.63) is 18.2 Å². The molecule has 0 aliphatic carbocycles. The van der Waals surface area contributed by atoms with Gasteiger partial charge in [0.25, 0.3) is 0 Å². The number of rotatable bonds is 4. The lowest BCUT2D eigenvalue weighted by Gasteiger charge is -2.04. The average molecular weight is 271 g/mol. The summed E-state index contributed by atoms with van der Waals surface area (Å²) in [6, 6.07) is 5.60. The highest BCUT2D eigenvalue weighted by Gasteiger charge is 2.08. The highest BCUT2D eigenvalue weighted by Crippen LogP contribution is 2.30. The van der Waals surface area contributed by atoms with Crippen molar-refractivity contribution in [1.29, 1.82) is 0 Å². The van der Waals surface area contributed by atoms with Crippen LogP contribution in [0.2, 0.25) is 0 Å². The van der Waals surface area contributed by atoms with Gasteiger partial charge in [-0.15, -0.1) is 11.6 Å². The fraction of sp³-hybridized carbons (Fsp3) is 0.273. The fourth-order valence-electron chi connectivity index (χ4n) is 1.45. The van der Waals surface area contributed by atoms with Crippen LogP contribution in [0.25, 0.3) is 10.1 Å². The van der Waals surface area contributed by atoms with Gasteiger partial charge in [0.05, 0.1) is 17.2 Å². The number of anilines is 1. The van der Waals surface area contributed by atoms with E-state index in [1.165, 1.54) is 11.5 Å². The number of benzene rings is 1. The van der Waals surface area contributed by atoms with Crippen molar-refractivity contribution in [2.24, 2.45) is 0 Å². The summed E-state index contributed by atoms with van der Waals surface area (Å²) < 4.78 is 10.3. The largest absolute Gasteiger partial charge is 0.480 e. The number of hydrogen-bond donors (Lipinski definition) is 1. The number of halogens is 1. The van der Waals surface area contributed by atoms with Gasteiger partial charge >= 0.3 is 0 Å². The molecule has 1 aromatic heterocycles. The standard InChI is InChI=1S/C11H11ClN2O2S/c1-16-11-8-6-7(13-10(15)4-5-12)2-3-9(8)17-14-11/h2-3,6H,4-5H2,1H3,(H,13,15). The zero-order valence-electron chi connectivity index (χ0n) is 9.20. The van der Waals surface area contributed by atoms with Crippen LogP contribution in [0.15, 0.2) is 18.2 Å². The van der Waals surface area contributed by atoms with Crippen LogP contribution in [-0.4, -0.2) is 23.3 Å². The maximum atomic E-state index is 11.4. The van der Waals surface area contributed by atoms with Gasteiger partial charge < -0.3 is 10.1 Å². The van der Waals surface area contributed by atoms with E-state index in [2.05, 4.69) is 9.69 Å². The molecular weight excluding hydrogens is 260 g/mol. The van der Waals surface area contributed by atoms with Crippen LogP contribution in [0.1, 0.15) is 6.42 Å². The minimum atomic E-state index is -0.0958. The van der Waals surface area contributed by atoms with Crippen LogP contribution in [0.3, 0.4) is 0 Å². The van der Waals surface area contributed by atoms with Gasteiger partial charge in [-0.05, 0) is 29.7 Å². The Bertz CT molecular complexity index is 541. The van der Waals surface area contributed by atoms with Gasteiger partial charge in [-0.1, -0.05) is 0 Å². The summed E-state index contributed by atoms with van der Waals surface area (Å²) in [6.45, 7) is 0. The molecule has 0 spiro atoms. The van der Waals surface area contributed by atoms with Crippen molar-refractivity contribution in [2.75, 3.05) is 18.3 Å². The first-order chi connectivity index (χ1) is 8.24. The number of nitrogens with zero attached hydrogens (tertiary/aromatic N) is 1. The monoisotopic (exact) mass is 270 g/mol. The molecule has 2 rings (SSSR count). The van der Waals surface area contributed by atoms with Gasteiger partial charge in [0, 0.05) is 18.0 Å². The van der Waals surface area contributed by atoms with Gasteiger partial charge in [-0.25, -0.2) is 0 Å². The van der Waals surface area contributed by atoms with E-state index in [0.717, 1.165) is 15.8 Å². The van der Waals surface area contributed by atoms with E-state index < -0.39 is 0 Å². The predicted octanol–water partition coefficient (Wildman–Crippen LogP) is 2.87. The van der Waals surface area contributed by atoms with E-state index in [0.29, 0.717) is 18.2 Å². The molecule has 0 saturated heterocycles. The summed E-state index contributed by atoms with van der Waals surface area (Å²) >= 11 is 6.87. The summed E-state index contributed by atoms with van der Waals surface area (Å²) in [4.78, 5) is 11.4. The first-order valence-corrected chi connectivity index (χ1v) is 6.34. The molecule has 17 heavy (non-hydrogen) atoms. The minimum absolute atomic E-state index is 0.0958. The second-order valence-electron chi connectivity index (χ2n) is 3.39. The van der Waals surface area contributed by atoms with E-state index in [4.69, 9.17) is 16.3 Å². The molecule has 0 bridgehead atoms. The number of hydrogen-bond acceptors (Lipinski definition) is 4. The van der Waals surface area contributed by atoms with Crippen LogP contribution in [-0.2, 0) is 4.79 Å². The topological polar surface area (TPSA) is 51.2 Å². The Morgan fingerprint density at radius 1 is 1.59 bits per heavy atom. The van der Waals surface area contributed by atoms with E-state index in [1.54, 1.807) is 7.11 Å². The Labute approximate surface area is 108 Å². The van der Waals surface area contributed by atoms with Crippen molar-refractivity contribution < 1.29 is 9.53 Å². The lowest BCUT2D eigenvalue weighted by molar-refractivity contribution is -0.115. The van der Waals surface area contributed by atoms with E-state index >= 15 is 0 Å². The number of alkyl halides is 1. The molecule has 0 atom stereocenters. The van der Waals surface area contributed by atoms with Crippen LogP contribution in [0.5, 0.6) is 5.88 Å². The van der Waals surface area contributed by atoms with Gasteiger partial charge in [-0.2, -0.15) is 4.37 Å². The third-order valence-corrected chi connectivity index (χ3v) is 3.23. The molecule has 0 radical (unpaired) electrons. The van der Waals surface area contributed by atoms with E-state index in [9.17, 15) is 4.79 Å². The zero-order chi connectivity index (χ0) is 12.3. The maximum Gasteiger partial charge on any atom is 0.232 e. The number of amides is 1. The molecule has 1 N–H and O–H groups in total. The Kier molecular flexibility index (Phi) is 3.81. The summed E-state index contributed by atoms with van der Waals surface area (Å²) in [5, 5.41) is 3.68. The zero-order valence-corrected chi connectivity index (χ0v) is 10.8. The summed E-state index contributed by atoms with van der Waals surface area (Å²) in [6.07, 6.45) is 0.304. The third kappa shape index (κ3) is 2.68. The van der Waals surface area contributed by atoms with Crippen molar-refractivity contribution in [1.82, 2.24) is 4.37 Å². The Morgan fingerprint density at radius 2 is 2.41 bits per heavy atom. The molecule has 6 heteroatoms. The molecule has 1 aromatic carbocycles. The second kappa shape index (κ2) is 5.33. The Hall–Kier alpha value is -1.33. The van der Waals surface area contributed by atoms with Crippen molar-refractivity contribution >= 4 is 44.8 Å². The van der Waals surface area contributed by atoms with E-state index in [-0.39, 0.29) is 5.91 Å². The molecule has 4 nitrogen and oxygen atoms in total. The molecule has 1 heterocycles. The lowest BCUT2D eigenvalue weighted by Crippen LogP contribution is -2.11. The van der Waals surface area contributed by atoms with Gasteiger partial charge in [-0.3, -0.25) is 4.79 Å². The average Bonchev–Trinajstić information content (AvgIpc) is 2.71. The SMILES string of the molecule is COc1nsc2ccc(NC(=O)CCCl)cc12. The highest BCUT2D eigenvalue weighted by atomic mass is 35.5.